The number of aromatic amines is 1. The molecule has 0 aliphatic heterocycles. The van der Waals surface area contributed by atoms with Gasteiger partial charge in [-0.3, -0.25) is 0 Å². The van der Waals surface area contributed by atoms with Gasteiger partial charge in [0.1, 0.15) is 0 Å². The van der Waals surface area contributed by atoms with Crippen LogP contribution in [0.1, 0.15) is 5.56 Å². The smallest absolute Gasteiger partial charge is 0.216 e. The third-order valence-corrected chi connectivity index (χ3v) is 3.61. The van der Waals surface area contributed by atoms with Gasteiger partial charge < -0.3 is 0 Å². The zero-order valence-electron chi connectivity index (χ0n) is 10.9. The number of hydrogen-bond donors (Lipinski definition) is 1. The van der Waals surface area contributed by atoms with Crippen molar-refractivity contribution in [1.82, 2.24) is 14.9 Å². The van der Waals surface area contributed by atoms with Gasteiger partial charge in [-0.15, -0.1) is 0 Å². The van der Waals surface area contributed by atoms with E-state index in [9.17, 15) is 0 Å². The van der Waals surface area contributed by atoms with Crippen LogP contribution in [0.15, 0.2) is 64.2 Å². The summed E-state index contributed by atoms with van der Waals surface area (Å²) >= 11 is 8.67. The maximum absolute atomic E-state index is 5.24. The molecule has 3 rings (SSSR count). The van der Waals surface area contributed by atoms with Crippen LogP contribution in [0.2, 0.25) is 0 Å². The average Bonchev–Trinajstić information content (AvgIpc) is 2.87. The number of aromatic nitrogens is 3. The second-order valence-corrected chi connectivity index (χ2v) is 5.63. The summed E-state index contributed by atoms with van der Waals surface area (Å²) in [5.41, 5.74) is 1.93. The lowest BCUT2D eigenvalue weighted by Crippen LogP contribution is -1.94. The molecule has 0 spiro atoms. The lowest BCUT2D eigenvalue weighted by molar-refractivity contribution is 0.871. The molecule has 0 bridgehead atoms. The van der Waals surface area contributed by atoms with Crippen molar-refractivity contribution < 1.29 is 0 Å². The number of rotatable bonds is 3. The SMILES string of the molecule is S=c1[nH]nc(-c2ccccc2)n1/N=C/c1cccc(Br)c1. The second kappa shape index (κ2) is 6.15. The Hall–Kier alpha value is -2.05. The van der Waals surface area contributed by atoms with Gasteiger partial charge in [0.05, 0.1) is 6.21 Å². The van der Waals surface area contributed by atoms with Gasteiger partial charge in [-0.2, -0.15) is 14.9 Å². The summed E-state index contributed by atoms with van der Waals surface area (Å²) in [4.78, 5) is 0. The van der Waals surface area contributed by atoms with Crippen molar-refractivity contribution in [2.45, 2.75) is 0 Å². The van der Waals surface area contributed by atoms with E-state index in [1.54, 1.807) is 10.9 Å². The van der Waals surface area contributed by atoms with Gasteiger partial charge >= 0.3 is 0 Å². The summed E-state index contributed by atoms with van der Waals surface area (Å²) in [6.07, 6.45) is 1.75. The van der Waals surface area contributed by atoms with Crippen molar-refractivity contribution in [3.05, 3.63) is 69.4 Å². The van der Waals surface area contributed by atoms with Crippen LogP contribution in [-0.4, -0.2) is 21.1 Å². The summed E-state index contributed by atoms with van der Waals surface area (Å²) in [5, 5.41) is 11.4. The van der Waals surface area contributed by atoms with Crippen molar-refractivity contribution >= 4 is 34.4 Å². The number of halogens is 1. The average molecular weight is 359 g/mol. The van der Waals surface area contributed by atoms with Crippen LogP contribution in [0.5, 0.6) is 0 Å². The third kappa shape index (κ3) is 3.17. The zero-order chi connectivity index (χ0) is 14.7. The van der Waals surface area contributed by atoms with Gasteiger partial charge in [0.25, 0.3) is 0 Å². The monoisotopic (exact) mass is 358 g/mol. The highest BCUT2D eigenvalue weighted by Gasteiger charge is 2.06. The van der Waals surface area contributed by atoms with Crippen LogP contribution in [0.25, 0.3) is 11.4 Å². The molecule has 0 aliphatic rings. The van der Waals surface area contributed by atoms with Crippen molar-refractivity contribution in [1.29, 1.82) is 0 Å². The van der Waals surface area contributed by atoms with E-state index in [0.717, 1.165) is 15.6 Å². The zero-order valence-corrected chi connectivity index (χ0v) is 13.3. The standard InChI is InChI=1S/C15H11BrN4S/c16-13-8-4-5-11(9-13)10-17-20-14(18-19-15(20)21)12-6-2-1-3-7-12/h1-10H,(H,19,21)/b17-10+. The Bertz CT molecular complexity index is 836. The van der Waals surface area contributed by atoms with E-state index in [1.165, 1.54) is 0 Å². The normalized spacial score (nSPS) is 11.1. The van der Waals surface area contributed by atoms with Crippen LogP contribution in [0, 0.1) is 4.77 Å². The van der Waals surface area contributed by atoms with E-state index < -0.39 is 0 Å². The first-order chi connectivity index (χ1) is 10.2. The molecule has 0 radical (unpaired) electrons. The number of benzene rings is 2. The summed E-state index contributed by atoms with van der Waals surface area (Å²) in [6.45, 7) is 0. The molecule has 6 heteroatoms. The minimum atomic E-state index is 0.458. The quantitative estimate of drug-likeness (QED) is 0.561. The van der Waals surface area contributed by atoms with Gasteiger partial charge in [-0.1, -0.05) is 58.4 Å². The first-order valence-corrected chi connectivity index (χ1v) is 7.47. The highest BCUT2D eigenvalue weighted by molar-refractivity contribution is 9.10. The fourth-order valence-electron chi connectivity index (χ4n) is 1.88. The Labute approximate surface area is 135 Å². The van der Waals surface area contributed by atoms with Gasteiger partial charge in [0.2, 0.25) is 4.77 Å². The second-order valence-electron chi connectivity index (χ2n) is 4.33. The minimum Gasteiger partial charge on any atom is -0.250 e. The fraction of sp³-hybridized carbons (Fsp3) is 0. The van der Waals surface area contributed by atoms with Crippen LogP contribution >= 0.6 is 28.1 Å². The molecule has 4 nitrogen and oxygen atoms in total. The topological polar surface area (TPSA) is 46.0 Å². The van der Waals surface area contributed by atoms with Gasteiger partial charge in [0, 0.05) is 10.0 Å². The van der Waals surface area contributed by atoms with E-state index in [0.29, 0.717) is 10.6 Å². The minimum absolute atomic E-state index is 0.458. The first kappa shape index (κ1) is 13.9. The molecule has 1 aromatic heterocycles. The van der Waals surface area contributed by atoms with Crippen LogP contribution < -0.4 is 0 Å². The van der Waals surface area contributed by atoms with Gasteiger partial charge in [-0.25, -0.2) is 5.10 Å². The van der Waals surface area contributed by atoms with Gasteiger partial charge in [-0.05, 0) is 29.9 Å². The Morgan fingerprint density at radius 3 is 2.71 bits per heavy atom. The van der Waals surface area contributed by atoms with Gasteiger partial charge in [0.15, 0.2) is 5.82 Å². The molecule has 0 atom stereocenters. The van der Waals surface area contributed by atoms with Crippen molar-refractivity contribution in [3.63, 3.8) is 0 Å². The van der Waals surface area contributed by atoms with Crippen LogP contribution in [-0.2, 0) is 0 Å². The largest absolute Gasteiger partial charge is 0.250 e. The summed E-state index contributed by atoms with van der Waals surface area (Å²) < 4.78 is 3.08. The summed E-state index contributed by atoms with van der Waals surface area (Å²) in [7, 11) is 0. The third-order valence-electron chi connectivity index (χ3n) is 2.85. The molecule has 1 N–H and O–H groups in total. The Balaban J connectivity index is 2.00. The maximum Gasteiger partial charge on any atom is 0.216 e. The Morgan fingerprint density at radius 1 is 1.14 bits per heavy atom. The van der Waals surface area contributed by atoms with Crippen molar-refractivity contribution in [3.8, 4) is 11.4 Å². The summed E-state index contributed by atoms with van der Waals surface area (Å²) in [6, 6.07) is 17.7. The molecule has 3 aromatic rings. The van der Waals surface area contributed by atoms with E-state index >= 15 is 0 Å². The number of nitrogens with one attached hydrogen (secondary N) is 1. The number of H-pyrrole nitrogens is 1. The molecule has 104 valence electrons. The molecular formula is C15H11BrN4S. The number of nitrogens with zero attached hydrogens (tertiary/aromatic N) is 3. The predicted octanol–water partition coefficient (Wildman–Crippen LogP) is 4.25. The maximum atomic E-state index is 5.24. The lowest BCUT2D eigenvalue weighted by atomic mass is 10.2. The molecule has 0 aliphatic carbocycles. The molecule has 0 saturated carbocycles. The molecule has 0 fully saturated rings. The molecule has 21 heavy (non-hydrogen) atoms. The molecule has 0 saturated heterocycles. The molecular weight excluding hydrogens is 348 g/mol. The van der Waals surface area contributed by atoms with E-state index in [1.807, 2.05) is 54.6 Å². The first-order valence-electron chi connectivity index (χ1n) is 6.27. The number of hydrogen-bond acceptors (Lipinski definition) is 3. The fourth-order valence-corrected chi connectivity index (χ4v) is 2.48. The Kier molecular flexibility index (Phi) is 4.08. The van der Waals surface area contributed by atoms with Crippen LogP contribution in [0.3, 0.4) is 0 Å². The Morgan fingerprint density at radius 2 is 1.95 bits per heavy atom. The van der Waals surface area contributed by atoms with E-state index in [2.05, 4.69) is 31.2 Å². The lowest BCUT2D eigenvalue weighted by Gasteiger charge is -2.00. The summed E-state index contributed by atoms with van der Waals surface area (Å²) in [5.74, 6) is 0.687. The highest BCUT2D eigenvalue weighted by atomic mass is 79.9. The highest BCUT2D eigenvalue weighted by Crippen LogP contribution is 2.16. The molecule has 0 unspecified atom stereocenters. The van der Waals surface area contributed by atoms with Crippen LogP contribution in [0.4, 0.5) is 0 Å². The van der Waals surface area contributed by atoms with E-state index in [-0.39, 0.29) is 0 Å². The van der Waals surface area contributed by atoms with Crippen molar-refractivity contribution in [2.24, 2.45) is 5.10 Å². The molecule has 0 amide bonds. The van der Waals surface area contributed by atoms with Crippen molar-refractivity contribution in [2.75, 3.05) is 0 Å². The predicted molar refractivity (Wildman–Crippen MR) is 90.0 cm³/mol. The molecule has 2 aromatic carbocycles. The van der Waals surface area contributed by atoms with E-state index in [4.69, 9.17) is 12.2 Å². The molecule has 1 heterocycles.